The predicted octanol–water partition coefficient (Wildman–Crippen LogP) is 5.34. The molecule has 0 spiro atoms. The van der Waals surface area contributed by atoms with Crippen molar-refractivity contribution in [1.29, 1.82) is 0 Å². The van der Waals surface area contributed by atoms with E-state index in [1.807, 2.05) is 22.7 Å². The van der Waals surface area contributed by atoms with Gasteiger partial charge >= 0.3 is 0 Å². The number of hydrogen-bond acceptors (Lipinski definition) is 5. The normalized spacial score (nSPS) is 20.1. The number of thiophene rings is 1. The second-order valence-corrected chi connectivity index (χ2v) is 10.5. The number of nitrogens with zero attached hydrogens (tertiary/aromatic N) is 1. The first-order valence-electron chi connectivity index (χ1n) is 10.7. The Labute approximate surface area is 179 Å². The zero-order chi connectivity index (χ0) is 19.8. The molecule has 0 radical (unpaired) electrons. The summed E-state index contributed by atoms with van der Waals surface area (Å²) in [6.45, 7) is 6.97. The highest BCUT2D eigenvalue weighted by atomic mass is 32.1. The number of ether oxygens (including phenoxy) is 1. The Morgan fingerprint density at radius 3 is 2.83 bits per heavy atom. The molecular formula is C24H27NO2S2. The molecular weight excluding hydrogens is 398 g/mol. The average Bonchev–Trinajstić information content (AvgIpc) is 3.22. The standard InChI is InChI=1S/C24H27NO2S2/c1-2-16-3-6-19-22(13-16)29-23-14-17(4-7-20(23)24(19)26)21-8-5-18(28-21)15-25-9-11-27-12-10-25/h4-5,7-8,14,16H,2-3,6,9-13,15H2,1H3. The van der Waals surface area contributed by atoms with Crippen LogP contribution in [0.5, 0.6) is 0 Å². The minimum Gasteiger partial charge on any atom is -0.379 e. The van der Waals surface area contributed by atoms with Crippen LogP contribution >= 0.6 is 22.7 Å². The molecule has 1 unspecified atom stereocenters. The van der Waals surface area contributed by atoms with Crippen LogP contribution in [0.3, 0.4) is 0 Å². The van der Waals surface area contributed by atoms with Gasteiger partial charge in [0.15, 0.2) is 5.43 Å². The van der Waals surface area contributed by atoms with E-state index < -0.39 is 0 Å². The lowest BCUT2D eigenvalue weighted by molar-refractivity contribution is 0.0346. The van der Waals surface area contributed by atoms with E-state index >= 15 is 0 Å². The van der Waals surface area contributed by atoms with Crippen molar-refractivity contribution < 1.29 is 4.74 Å². The summed E-state index contributed by atoms with van der Waals surface area (Å²) in [6.07, 6.45) is 4.40. The van der Waals surface area contributed by atoms with Crippen LogP contribution < -0.4 is 5.43 Å². The SMILES string of the molecule is CCC1CCc2c(sc3cc(-c4ccc(CN5CCOCC5)s4)ccc3c2=O)C1. The van der Waals surface area contributed by atoms with Crippen molar-refractivity contribution in [2.45, 2.75) is 39.2 Å². The first kappa shape index (κ1) is 19.4. The van der Waals surface area contributed by atoms with E-state index in [0.717, 1.165) is 73.7 Å². The van der Waals surface area contributed by atoms with Crippen LogP contribution in [0.1, 0.15) is 35.1 Å². The molecule has 2 aromatic heterocycles. The van der Waals surface area contributed by atoms with E-state index in [1.54, 1.807) is 0 Å². The summed E-state index contributed by atoms with van der Waals surface area (Å²) < 4.78 is 6.60. The number of rotatable bonds is 4. The Bertz CT molecular complexity index is 1080. The Kier molecular flexibility index (Phi) is 5.57. The Balaban J connectivity index is 1.45. The lowest BCUT2D eigenvalue weighted by Crippen LogP contribution is -2.35. The van der Waals surface area contributed by atoms with Gasteiger partial charge in [-0.3, -0.25) is 9.69 Å². The van der Waals surface area contributed by atoms with Crippen LogP contribution in [-0.2, 0) is 24.1 Å². The topological polar surface area (TPSA) is 29.5 Å². The van der Waals surface area contributed by atoms with E-state index in [-0.39, 0.29) is 5.43 Å². The fourth-order valence-electron chi connectivity index (χ4n) is 4.51. The van der Waals surface area contributed by atoms with Crippen molar-refractivity contribution in [3.63, 3.8) is 0 Å². The summed E-state index contributed by atoms with van der Waals surface area (Å²) >= 11 is 3.72. The molecule has 3 aromatic rings. The maximum absolute atomic E-state index is 13.0. The predicted molar refractivity (Wildman–Crippen MR) is 123 cm³/mol. The molecule has 152 valence electrons. The fourth-order valence-corrected chi connectivity index (χ4v) is 6.91. The third-order valence-electron chi connectivity index (χ3n) is 6.35. The minimum absolute atomic E-state index is 0.272. The molecule has 29 heavy (non-hydrogen) atoms. The third kappa shape index (κ3) is 3.93. The maximum Gasteiger partial charge on any atom is 0.191 e. The molecule has 2 aliphatic rings. The quantitative estimate of drug-likeness (QED) is 0.565. The van der Waals surface area contributed by atoms with Gasteiger partial charge in [-0.25, -0.2) is 0 Å². The van der Waals surface area contributed by atoms with E-state index in [0.29, 0.717) is 0 Å². The summed E-state index contributed by atoms with van der Waals surface area (Å²) in [5, 5.41) is 0.901. The Morgan fingerprint density at radius 2 is 2.00 bits per heavy atom. The molecule has 3 heterocycles. The zero-order valence-electron chi connectivity index (χ0n) is 16.9. The fraction of sp³-hybridized carbons (Fsp3) is 0.458. The summed E-state index contributed by atoms with van der Waals surface area (Å²) in [5.74, 6) is 0.735. The van der Waals surface area contributed by atoms with Gasteiger partial charge in [0, 0.05) is 49.9 Å². The molecule has 1 aromatic carbocycles. The van der Waals surface area contributed by atoms with Gasteiger partial charge in [0.2, 0.25) is 0 Å². The van der Waals surface area contributed by atoms with Crippen molar-refractivity contribution in [3.8, 4) is 10.4 Å². The van der Waals surface area contributed by atoms with Gasteiger partial charge in [0.25, 0.3) is 0 Å². The summed E-state index contributed by atoms with van der Waals surface area (Å²) in [6, 6.07) is 10.9. The van der Waals surface area contributed by atoms with Crippen LogP contribution in [-0.4, -0.2) is 31.2 Å². The first-order chi connectivity index (χ1) is 14.2. The molecule has 0 bridgehead atoms. The van der Waals surface area contributed by atoms with Crippen LogP contribution in [0.4, 0.5) is 0 Å². The monoisotopic (exact) mass is 425 g/mol. The minimum atomic E-state index is 0.272. The lowest BCUT2D eigenvalue weighted by atomic mass is 9.86. The highest BCUT2D eigenvalue weighted by Gasteiger charge is 2.22. The molecule has 1 aliphatic carbocycles. The van der Waals surface area contributed by atoms with Crippen molar-refractivity contribution in [2.75, 3.05) is 26.3 Å². The number of benzene rings is 1. The lowest BCUT2D eigenvalue weighted by Gasteiger charge is -2.25. The third-order valence-corrected chi connectivity index (χ3v) is 8.69. The summed E-state index contributed by atoms with van der Waals surface area (Å²) in [5.41, 5.74) is 2.59. The van der Waals surface area contributed by atoms with Gasteiger partial charge in [0.05, 0.1) is 13.2 Å². The van der Waals surface area contributed by atoms with Crippen molar-refractivity contribution in [1.82, 2.24) is 4.90 Å². The van der Waals surface area contributed by atoms with E-state index in [4.69, 9.17) is 4.74 Å². The van der Waals surface area contributed by atoms with E-state index in [2.05, 4.69) is 42.2 Å². The van der Waals surface area contributed by atoms with Gasteiger partial charge in [0.1, 0.15) is 0 Å². The Morgan fingerprint density at radius 1 is 1.14 bits per heavy atom. The van der Waals surface area contributed by atoms with Crippen molar-refractivity contribution in [3.05, 3.63) is 55.9 Å². The molecule has 0 amide bonds. The average molecular weight is 426 g/mol. The molecule has 3 nitrogen and oxygen atoms in total. The molecule has 0 saturated carbocycles. The van der Waals surface area contributed by atoms with Crippen LogP contribution in [0.15, 0.2) is 35.1 Å². The molecule has 5 heteroatoms. The van der Waals surface area contributed by atoms with Crippen LogP contribution in [0, 0.1) is 5.92 Å². The first-order valence-corrected chi connectivity index (χ1v) is 12.3. The molecule has 1 atom stereocenters. The van der Waals surface area contributed by atoms with E-state index in [9.17, 15) is 4.79 Å². The van der Waals surface area contributed by atoms with Gasteiger partial charge in [-0.1, -0.05) is 19.4 Å². The summed E-state index contributed by atoms with van der Waals surface area (Å²) in [7, 11) is 0. The van der Waals surface area contributed by atoms with Crippen LogP contribution in [0.25, 0.3) is 20.5 Å². The van der Waals surface area contributed by atoms with Crippen LogP contribution in [0.2, 0.25) is 0 Å². The van der Waals surface area contributed by atoms with E-state index in [1.165, 1.54) is 26.6 Å². The highest BCUT2D eigenvalue weighted by Crippen LogP contribution is 2.35. The zero-order valence-corrected chi connectivity index (χ0v) is 18.5. The van der Waals surface area contributed by atoms with Gasteiger partial charge in [-0.2, -0.15) is 0 Å². The number of hydrogen-bond donors (Lipinski definition) is 0. The van der Waals surface area contributed by atoms with Crippen molar-refractivity contribution >= 4 is 32.8 Å². The summed E-state index contributed by atoms with van der Waals surface area (Å²) in [4.78, 5) is 19.5. The molecule has 1 aliphatic heterocycles. The number of fused-ring (bicyclic) bond motifs is 2. The second-order valence-electron chi connectivity index (χ2n) is 8.22. The molecule has 0 N–H and O–H groups in total. The van der Waals surface area contributed by atoms with Gasteiger partial charge in [-0.05, 0) is 55.0 Å². The largest absolute Gasteiger partial charge is 0.379 e. The molecule has 1 saturated heterocycles. The second kappa shape index (κ2) is 8.31. The molecule has 5 rings (SSSR count). The smallest absolute Gasteiger partial charge is 0.191 e. The Hall–Kier alpha value is -1.53. The number of morpholine rings is 1. The maximum atomic E-state index is 13.0. The molecule has 1 fully saturated rings. The van der Waals surface area contributed by atoms with Crippen molar-refractivity contribution in [2.24, 2.45) is 5.92 Å². The van der Waals surface area contributed by atoms with Gasteiger partial charge < -0.3 is 4.74 Å². The highest BCUT2D eigenvalue weighted by molar-refractivity contribution is 7.18. The van der Waals surface area contributed by atoms with Gasteiger partial charge in [-0.15, -0.1) is 22.7 Å².